The van der Waals surface area contributed by atoms with Crippen LogP contribution in [0.2, 0.25) is 0 Å². The van der Waals surface area contributed by atoms with Crippen molar-refractivity contribution in [1.82, 2.24) is 5.32 Å². The van der Waals surface area contributed by atoms with Gasteiger partial charge in [-0.3, -0.25) is 4.79 Å². The van der Waals surface area contributed by atoms with Gasteiger partial charge in [-0.15, -0.1) is 0 Å². The fourth-order valence-electron chi connectivity index (χ4n) is 3.11. The minimum atomic E-state index is -0.491. The maximum atomic E-state index is 12.9. The van der Waals surface area contributed by atoms with Crippen molar-refractivity contribution in [3.8, 4) is 5.75 Å². The molecule has 0 aliphatic heterocycles. The summed E-state index contributed by atoms with van der Waals surface area (Å²) in [6.45, 7) is 10.4. The largest absolute Gasteiger partial charge is 0.480 e. The molecule has 0 aliphatic carbocycles. The van der Waals surface area contributed by atoms with E-state index in [1.54, 1.807) is 0 Å². The van der Waals surface area contributed by atoms with Gasteiger partial charge in [0.05, 0.1) is 6.04 Å². The maximum Gasteiger partial charge on any atom is 0.261 e. The molecule has 0 bridgehead atoms. The Balaban J connectivity index is 2.12. The third kappa shape index (κ3) is 5.62. The lowest BCUT2D eigenvalue weighted by atomic mass is 9.96. The number of ether oxygens (including phenoxy) is 1. The molecule has 0 aliphatic rings. The fourth-order valence-corrected chi connectivity index (χ4v) is 3.11. The zero-order valence-electron chi connectivity index (χ0n) is 16.6. The molecule has 140 valence electrons. The van der Waals surface area contributed by atoms with E-state index in [2.05, 4.69) is 44.3 Å². The normalized spacial score (nSPS) is 13.3. The molecule has 0 saturated carbocycles. The molecule has 2 aromatic rings. The van der Waals surface area contributed by atoms with Crippen molar-refractivity contribution in [3.05, 3.63) is 65.2 Å². The van der Waals surface area contributed by atoms with Gasteiger partial charge in [-0.05, 0) is 49.8 Å². The molecule has 1 N–H and O–H groups in total. The molecule has 3 heteroatoms. The molecule has 1 amide bonds. The number of hydrogen-bond acceptors (Lipinski definition) is 2. The summed E-state index contributed by atoms with van der Waals surface area (Å²) in [5.74, 6) is 1.21. The minimum Gasteiger partial charge on any atom is -0.480 e. The Morgan fingerprint density at radius 1 is 1.08 bits per heavy atom. The van der Waals surface area contributed by atoms with Gasteiger partial charge in [-0.2, -0.15) is 0 Å². The summed E-state index contributed by atoms with van der Waals surface area (Å²) < 4.78 is 6.04. The Bertz CT molecular complexity index is 709. The van der Waals surface area contributed by atoms with Crippen LogP contribution < -0.4 is 10.1 Å². The summed E-state index contributed by atoms with van der Waals surface area (Å²) in [7, 11) is 0. The van der Waals surface area contributed by atoms with Crippen molar-refractivity contribution in [2.45, 2.75) is 59.6 Å². The number of benzene rings is 2. The van der Waals surface area contributed by atoms with E-state index in [-0.39, 0.29) is 11.9 Å². The molecule has 0 saturated heterocycles. The van der Waals surface area contributed by atoms with Crippen LogP contribution in [-0.4, -0.2) is 12.0 Å². The first-order valence-electron chi connectivity index (χ1n) is 9.50. The Morgan fingerprint density at radius 3 is 2.35 bits per heavy atom. The van der Waals surface area contributed by atoms with Crippen LogP contribution in [0.1, 0.15) is 56.3 Å². The molecular formula is C23H31NO2. The van der Waals surface area contributed by atoms with Crippen molar-refractivity contribution in [3.63, 3.8) is 0 Å². The third-order valence-corrected chi connectivity index (χ3v) is 4.49. The molecule has 2 atom stereocenters. The maximum absolute atomic E-state index is 12.9. The lowest BCUT2D eigenvalue weighted by Gasteiger charge is -2.25. The van der Waals surface area contributed by atoms with Crippen LogP contribution in [0, 0.1) is 19.8 Å². The zero-order valence-corrected chi connectivity index (χ0v) is 16.6. The van der Waals surface area contributed by atoms with Crippen LogP contribution in [0.4, 0.5) is 0 Å². The predicted molar refractivity (Wildman–Crippen MR) is 107 cm³/mol. The molecule has 0 radical (unpaired) electrons. The highest BCUT2D eigenvalue weighted by atomic mass is 16.5. The second-order valence-electron chi connectivity index (χ2n) is 7.39. The molecule has 0 fully saturated rings. The predicted octanol–water partition coefficient (Wildman–Crippen LogP) is 5.36. The second kappa shape index (κ2) is 9.42. The molecule has 26 heavy (non-hydrogen) atoms. The Kier molecular flexibility index (Phi) is 7.26. The van der Waals surface area contributed by atoms with Crippen LogP contribution in [0.3, 0.4) is 0 Å². The van der Waals surface area contributed by atoms with E-state index in [0.29, 0.717) is 12.3 Å². The lowest BCUT2D eigenvalue weighted by Crippen LogP contribution is -2.40. The van der Waals surface area contributed by atoms with Gasteiger partial charge in [0.25, 0.3) is 5.91 Å². The van der Waals surface area contributed by atoms with Gasteiger partial charge in [0.15, 0.2) is 6.10 Å². The summed E-state index contributed by atoms with van der Waals surface area (Å²) >= 11 is 0. The van der Waals surface area contributed by atoms with Gasteiger partial charge in [0.1, 0.15) is 5.75 Å². The summed E-state index contributed by atoms with van der Waals surface area (Å²) in [4.78, 5) is 12.9. The van der Waals surface area contributed by atoms with Gasteiger partial charge < -0.3 is 10.1 Å². The number of hydrogen-bond donors (Lipinski definition) is 1. The summed E-state index contributed by atoms with van der Waals surface area (Å²) in [6, 6.07) is 16.2. The fraction of sp³-hybridized carbons (Fsp3) is 0.435. The average Bonchev–Trinajstić information content (AvgIpc) is 2.61. The van der Waals surface area contributed by atoms with Crippen LogP contribution in [0.25, 0.3) is 0 Å². The van der Waals surface area contributed by atoms with E-state index in [1.807, 2.05) is 44.2 Å². The summed E-state index contributed by atoms with van der Waals surface area (Å²) in [5, 5.41) is 3.20. The Morgan fingerprint density at radius 2 is 1.77 bits per heavy atom. The number of carbonyl (C=O) groups excluding carboxylic acids is 1. The van der Waals surface area contributed by atoms with E-state index in [4.69, 9.17) is 4.74 Å². The van der Waals surface area contributed by atoms with Crippen LogP contribution in [-0.2, 0) is 4.79 Å². The Labute approximate surface area is 157 Å². The zero-order chi connectivity index (χ0) is 19.1. The molecular weight excluding hydrogens is 322 g/mol. The first-order chi connectivity index (χ1) is 12.4. The topological polar surface area (TPSA) is 38.3 Å². The van der Waals surface area contributed by atoms with E-state index in [1.165, 1.54) is 5.56 Å². The van der Waals surface area contributed by atoms with Crippen molar-refractivity contribution in [2.24, 2.45) is 5.92 Å². The van der Waals surface area contributed by atoms with Crippen molar-refractivity contribution < 1.29 is 9.53 Å². The van der Waals surface area contributed by atoms with Gasteiger partial charge in [-0.25, -0.2) is 0 Å². The number of rotatable bonds is 8. The van der Waals surface area contributed by atoms with E-state index < -0.39 is 6.10 Å². The minimum absolute atomic E-state index is 0.000430. The smallest absolute Gasteiger partial charge is 0.261 e. The molecule has 3 nitrogen and oxygen atoms in total. The number of aryl methyl sites for hydroxylation is 2. The van der Waals surface area contributed by atoms with E-state index >= 15 is 0 Å². The highest BCUT2D eigenvalue weighted by Crippen LogP contribution is 2.23. The van der Waals surface area contributed by atoms with Crippen molar-refractivity contribution in [1.29, 1.82) is 0 Å². The van der Waals surface area contributed by atoms with Gasteiger partial charge in [0.2, 0.25) is 0 Å². The third-order valence-electron chi connectivity index (χ3n) is 4.49. The van der Waals surface area contributed by atoms with E-state index in [9.17, 15) is 4.79 Å². The first kappa shape index (κ1) is 20.0. The van der Waals surface area contributed by atoms with Gasteiger partial charge >= 0.3 is 0 Å². The molecule has 2 rings (SSSR count). The number of nitrogens with one attached hydrogen (secondary N) is 1. The molecule has 0 heterocycles. The first-order valence-corrected chi connectivity index (χ1v) is 9.50. The lowest BCUT2D eigenvalue weighted by molar-refractivity contribution is -0.129. The number of amides is 1. The average molecular weight is 354 g/mol. The number of carbonyl (C=O) groups is 1. The molecule has 0 spiro atoms. The van der Waals surface area contributed by atoms with Crippen LogP contribution in [0.5, 0.6) is 5.75 Å². The highest BCUT2D eigenvalue weighted by molar-refractivity contribution is 5.81. The van der Waals surface area contributed by atoms with Crippen molar-refractivity contribution in [2.75, 3.05) is 0 Å². The standard InChI is InChI=1S/C23H31NO2/c1-6-21(26-22-13-12-17(4)15-18(22)5)23(25)24-20(14-16(2)3)19-10-8-7-9-11-19/h7-13,15-16,20-21H,6,14H2,1-5H3,(H,24,25)/t20-,21+/m1/s1. The van der Waals surface area contributed by atoms with Crippen LogP contribution in [0.15, 0.2) is 48.5 Å². The summed E-state index contributed by atoms with van der Waals surface area (Å²) in [6.07, 6.45) is 1.03. The van der Waals surface area contributed by atoms with E-state index in [0.717, 1.165) is 23.3 Å². The highest BCUT2D eigenvalue weighted by Gasteiger charge is 2.23. The quantitative estimate of drug-likeness (QED) is 0.693. The molecule has 0 aromatic heterocycles. The SMILES string of the molecule is CC[C@H](Oc1ccc(C)cc1C)C(=O)N[C@H](CC(C)C)c1ccccc1. The van der Waals surface area contributed by atoms with Crippen molar-refractivity contribution >= 4 is 5.91 Å². The Hall–Kier alpha value is -2.29. The monoisotopic (exact) mass is 353 g/mol. The van der Waals surface area contributed by atoms with Gasteiger partial charge in [0, 0.05) is 0 Å². The molecule has 2 aromatic carbocycles. The molecule has 0 unspecified atom stereocenters. The second-order valence-corrected chi connectivity index (χ2v) is 7.39. The van der Waals surface area contributed by atoms with Gasteiger partial charge in [-0.1, -0.05) is 68.8 Å². The summed E-state index contributed by atoms with van der Waals surface area (Å²) in [5.41, 5.74) is 3.38. The van der Waals surface area contributed by atoms with Crippen LogP contribution >= 0.6 is 0 Å².